The molecule has 0 N–H and O–H groups in total. The molecule has 0 fully saturated rings. The van der Waals surface area contributed by atoms with E-state index in [1.54, 1.807) is 6.20 Å². The summed E-state index contributed by atoms with van der Waals surface area (Å²) in [5.74, 6) is 0. The number of aryl methyl sites for hydroxylation is 1. The molecule has 0 saturated carbocycles. The summed E-state index contributed by atoms with van der Waals surface area (Å²) < 4.78 is 0. The fraction of sp³-hybridized carbons (Fsp3) is 0.0182. The van der Waals surface area contributed by atoms with Crippen LogP contribution in [0.4, 0.5) is 0 Å². The van der Waals surface area contributed by atoms with Gasteiger partial charge in [-0.25, -0.2) is 0 Å². The maximum absolute atomic E-state index is 4.69. The molecule has 11 aromatic rings. The van der Waals surface area contributed by atoms with Gasteiger partial charge < -0.3 is 0 Å². The van der Waals surface area contributed by atoms with E-state index in [2.05, 4.69) is 181 Å². The first-order valence-electron chi connectivity index (χ1n) is 19.5. The standard InChI is InChI=1S/C55H36N2/c1-35-7-4-8-38-18-19-40-10-6-12-50(55(40)53(35)38)49-11-5-9-39-20-25-46-33-42(26-28-48(46)54(39)49)37-16-14-36(15-17-37)41-21-22-44-32-45(24-23-43(44)31-41)47-27-29-52(57-34-47)51-13-2-3-30-56-51/h2-34H,1H3. The summed E-state index contributed by atoms with van der Waals surface area (Å²) in [5.41, 5.74) is 12.7. The van der Waals surface area contributed by atoms with Gasteiger partial charge in [0.1, 0.15) is 0 Å². The van der Waals surface area contributed by atoms with E-state index in [0.717, 1.165) is 22.5 Å². The highest BCUT2D eigenvalue weighted by Gasteiger charge is 2.15. The monoisotopic (exact) mass is 724 g/mol. The Morgan fingerprint density at radius 2 is 0.825 bits per heavy atom. The highest BCUT2D eigenvalue weighted by Crippen LogP contribution is 2.42. The van der Waals surface area contributed by atoms with Crippen LogP contribution in [0.1, 0.15) is 5.56 Å². The Hall–Kier alpha value is -7.42. The second-order valence-electron chi connectivity index (χ2n) is 15.0. The third-order valence-electron chi connectivity index (χ3n) is 11.7. The lowest BCUT2D eigenvalue weighted by Gasteiger charge is -2.16. The van der Waals surface area contributed by atoms with Gasteiger partial charge in [-0.15, -0.1) is 0 Å². The quantitative estimate of drug-likeness (QED) is 0.165. The molecule has 0 bridgehead atoms. The molecule has 2 nitrogen and oxygen atoms in total. The lowest BCUT2D eigenvalue weighted by molar-refractivity contribution is 1.25. The third kappa shape index (κ3) is 5.73. The van der Waals surface area contributed by atoms with Crippen LogP contribution in [0.5, 0.6) is 0 Å². The molecular weight excluding hydrogens is 689 g/mol. The Kier molecular flexibility index (Phi) is 7.75. The zero-order chi connectivity index (χ0) is 37.9. The molecule has 0 aliphatic heterocycles. The number of rotatable bonds is 5. The molecule has 0 spiro atoms. The van der Waals surface area contributed by atoms with E-state index >= 15 is 0 Å². The fourth-order valence-electron chi connectivity index (χ4n) is 8.77. The van der Waals surface area contributed by atoms with Gasteiger partial charge >= 0.3 is 0 Å². The van der Waals surface area contributed by atoms with E-state index in [4.69, 9.17) is 0 Å². The smallest absolute Gasteiger partial charge is 0.0886 e. The Balaban J connectivity index is 0.909. The molecule has 0 radical (unpaired) electrons. The second-order valence-corrected chi connectivity index (χ2v) is 15.0. The van der Waals surface area contributed by atoms with Crippen LogP contribution in [0.2, 0.25) is 0 Å². The van der Waals surface area contributed by atoms with Crippen molar-refractivity contribution in [1.29, 1.82) is 0 Å². The predicted molar refractivity (Wildman–Crippen MR) is 241 cm³/mol. The van der Waals surface area contributed by atoms with Crippen LogP contribution < -0.4 is 0 Å². The van der Waals surface area contributed by atoms with E-state index in [-0.39, 0.29) is 0 Å². The van der Waals surface area contributed by atoms with Crippen LogP contribution in [-0.2, 0) is 0 Å². The maximum atomic E-state index is 4.69. The van der Waals surface area contributed by atoms with Crippen molar-refractivity contribution in [2.24, 2.45) is 0 Å². The zero-order valence-electron chi connectivity index (χ0n) is 31.4. The number of nitrogens with zero attached hydrogens (tertiary/aromatic N) is 2. The molecule has 266 valence electrons. The Bertz CT molecular complexity index is 3330. The van der Waals surface area contributed by atoms with Crippen molar-refractivity contribution in [3.63, 3.8) is 0 Å². The number of hydrogen-bond donors (Lipinski definition) is 0. The van der Waals surface area contributed by atoms with Crippen LogP contribution in [-0.4, -0.2) is 9.97 Å². The molecule has 0 amide bonds. The number of pyridine rings is 2. The maximum Gasteiger partial charge on any atom is 0.0886 e. The Morgan fingerprint density at radius 3 is 1.47 bits per heavy atom. The molecule has 0 aliphatic rings. The second kappa shape index (κ2) is 13.4. The van der Waals surface area contributed by atoms with Crippen molar-refractivity contribution >= 4 is 53.9 Å². The first-order chi connectivity index (χ1) is 28.1. The lowest BCUT2D eigenvalue weighted by atomic mass is 9.88. The van der Waals surface area contributed by atoms with Crippen LogP contribution in [0.25, 0.3) is 110 Å². The van der Waals surface area contributed by atoms with Crippen molar-refractivity contribution in [3.8, 4) is 55.9 Å². The predicted octanol–water partition coefficient (Wildman–Crippen LogP) is 14.9. The van der Waals surface area contributed by atoms with E-state index in [1.807, 2.05) is 30.5 Å². The summed E-state index contributed by atoms with van der Waals surface area (Å²) in [7, 11) is 0. The fourth-order valence-corrected chi connectivity index (χ4v) is 8.77. The van der Waals surface area contributed by atoms with Gasteiger partial charge in [0.25, 0.3) is 0 Å². The summed E-state index contributed by atoms with van der Waals surface area (Å²) >= 11 is 0. The molecule has 0 atom stereocenters. The van der Waals surface area contributed by atoms with Gasteiger partial charge in [0, 0.05) is 18.0 Å². The molecule has 0 aliphatic carbocycles. The number of benzene rings is 9. The van der Waals surface area contributed by atoms with Crippen LogP contribution >= 0.6 is 0 Å². The molecule has 2 heteroatoms. The molecule has 2 aromatic heterocycles. The van der Waals surface area contributed by atoms with E-state index in [9.17, 15) is 0 Å². The molecule has 11 rings (SSSR count). The SMILES string of the molecule is Cc1cccc2ccc3cccc(-c4cccc5ccc6cc(-c7ccc(-c8ccc9cc(-c%10ccc(-c%11ccccn%11)nc%10)ccc9c8)cc7)ccc6c45)c3c12. The summed E-state index contributed by atoms with van der Waals surface area (Å²) in [6.45, 7) is 2.23. The van der Waals surface area contributed by atoms with Crippen molar-refractivity contribution in [3.05, 3.63) is 206 Å². The highest BCUT2D eigenvalue weighted by atomic mass is 14.8. The zero-order valence-corrected chi connectivity index (χ0v) is 31.4. The van der Waals surface area contributed by atoms with Gasteiger partial charge in [0.05, 0.1) is 11.4 Å². The first kappa shape index (κ1) is 33.0. The van der Waals surface area contributed by atoms with Crippen molar-refractivity contribution in [2.75, 3.05) is 0 Å². The topological polar surface area (TPSA) is 25.8 Å². The molecule has 57 heavy (non-hydrogen) atoms. The summed E-state index contributed by atoms with van der Waals surface area (Å²) in [5, 5.41) is 12.7. The van der Waals surface area contributed by atoms with Gasteiger partial charge in [-0.1, -0.05) is 152 Å². The number of fused-ring (bicyclic) bond motifs is 7. The minimum absolute atomic E-state index is 0.875. The molecule has 9 aromatic carbocycles. The van der Waals surface area contributed by atoms with Gasteiger partial charge in [0.15, 0.2) is 0 Å². The van der Waals surface area contributed by atoms with Crippen molar-refractivity contribution in [1.82, 2.24) is 9.97 Å². The Labute approximate surface area is 331 Å². The molecule has 0 unspecified atom stereocenters. The van der Waals surface area contributed by atoms with E-state index in [0.29, 0.717) is 0 Å². The minimum atomic E-state index is 0.875. The van der Waals surface area contributed by atoms with E-state index in [1.165, 1.54) is 92.8 Å². The van der Waals surface area contributed by atoms with Crippen LogP contribution in [0, 0.1) is 6.92 Å². The Morgan fingerprint density at radius 1 is 0.316 bits per heavy atom. The number of aromatic nitrogens is 2. The van der Waals surface area contributed by atoms with Crippen LogP contribution in [0.15, 0.2) is 200 Å². The van der Waals surface area contributed by atoms with Gasteiger partial charge in [0.2, 0.25) is 0 Å². The third-order valence-corrected chi connectivity index (χ3v) is 11.7. The lowest BCUT2D eigenvalue weighted by Crippen LogP contribution is -1.89. The average Bonchev–Trinajstić information content (AvgIpc) is 3.28. The van der Waals surface area contributed by atoms with Crippen molar-refractivity contribution in [2.45, 2.75) is 6.92 Å². The van der Waals surface area contributed by atoms with E-state index < -0.39 is 0 Å². The highest BCUT2D eigenvalue weighted by molar-refractivity contribution is 6.21. The molecule has 2 heterocycles. The average molecular weight is 725 g/mol. The largest absolute Gasteiger partial charge is 0.255 e. The van der Waals surface area contributed by atoms with Crippen LogP contribution in [0.3, 0.4) is 0 Å². The normalized spacial score (nSPS) is 11.6. The molecule has 0 saturated heterocycles. The summed E-state index contributed by atoms with van der Waals surface area (Å²) in [6.07, 6.45) is 3.73. The number of hydrogen-bond acceptors (Lipinski definition) is 2. The summed E-state index contributed by atoms with van der Waals surface area (Å²) in [6, 6.07) is 68.5. The van der Waals surface area contributed by atoms with Gasteiger partial charge in [-0.05, 0) is 142 Å². The molecular formula is C55H36N2. The van der Waals surface area contributed by atoms with Gasteiger partial charge in [-0.2, -0.15) is 0 Å². The minimum Gasteiger partial charge on any atom is -0.255 e. The van der Waals surface area contributed by atoms with Gasteiger partial charge in [-0.3, -0.25) is 9.97 Å². The first-order valence-corrected chi connectivity index (χ1v) is 19.5. The summed E-state index contributed by atoms with van der Waals surface area (Å²) in [4.78, 5) is 9.12. The van der Waals surface area contributed by atoms with Crippen molar-refractivity contribution < 1.29 is 0 Å².